The van der Waals surface area contributed by atoms with Crippen LogP contribution in [0.2, 0.25) is 0 Å². The van der Waals surface area contributed by atoms with Gasteiger partial charge in [0, 0.05) is 23.6 Å². The molecular weight excluding hydrogens is 318 g/mol. The first kappa shape index (κ1) is 13.9. The number of halogens is 1. The summed E-state index contributed by atoms with van der Waals surface area (Å²) in [6.45, 7) is 2.65. The van der Waals surface area contributed by atoms with Crippen molar-refractivity contribution in [3.8, 4) is 0 Å². The third kappa shape index (κ3) is 3.15. The van der Waals surface area contributed by atoms with Gasteiger partial charge in [-0.1, -0.05) is 34.5 Å². The number of hydrogen-bond acceptors (Lipinski definition) is 2. The number of rotatable bonds is 3. The number of carbonyl (C=O) groups excluding carboxylic acids is 1. The van der Waals surface area contributed by atoms with Crippen molar-refractivity contribution >= 4 is 22.0 Å². The monoisotopic (exact) mass is 337 g/mol. The van der Waals surface area contributed by atoms with E-state index >= 15 is 0 Å². The lowest BCUT2D eigenvalue weighted by Crippen LogP contribution is -2.44. The minimum absolute atomic E-state index is 0.0577. The molecule has 2 amide bonds. The third-order valence-electron chi connectivity index (χ3n) is 4.09. The van der Waals surface area contributed by atoms with Gasteiger partial charge in [-0.25, -0.2) is 4.79 Å². The summed E-state index contributed by atoms with van der Waals surface area (Å²) in [6, 6.07) is 8.77. The summed E-state index contributed by atoms with van der Waals surface area (Å²) in [5.74, 6) is 0. The Morgan fingerprint density at radius 1 is 1.35 bits per heavy atom. The molecule has 108 valence electrons. The van der Waals surface area contributed by atoms with Gasteiger partial charge < -0.3 is 15.5 Å². The van der Waals surface area contributed by atoms with E-state index in [1.165, 1.54) is 19.3 Å². The Bertz CT molecular complexity index is 488. The van der Waals surface area contributed by atoms with Crippen LogP contribution in [0.1, 0.15) is 30.9 Å². The molecule has 5 heteroatoms. The molecule has 3 rings (SSSR count). The molecule has 0 bridgehead atoms. The summed E-state index contributed by atoms with van der Waals surface area (Å²) in [4.78, 5) is 14.0. The van der Waals surface area contributed by atoms with E-state index in [1.54, 1.807) is 0 Å². The molecule has 4 nitrogen and oxygen atoms in total. The highest BCUT2D eigenvalue weighted by Crippen LogP contribution is 2.23. The standard InChI is InChI=1S/C15H20BrN3O/c16-12-5-3-4-11(8-12)14-10-19(15(20)18-14)9-13-6-1-2-7-17-13/h3-5,8,13-14,17H,1-2,6-7,9-10H2,(H,18,20). The zero-order valence-electron chi connectivity index (χ0n) is 11.4. The van der Waals surface area contributed by atoms with Crippen LogP contribution in [0, 0.1) is 0 Å². The molecule has 2 saturated heterocycles. The zero-order chi connectivity index (χ0) is 13.9. The summed E-state index contributed by atoms with van der Waals surface area (Å²) in [5.41, 5.74) is 1.16. The van der Waals surface area contributed by atoms with Crippen LogP contribution >= 0.6 is 15.9 Å². The molecule has 2 N–H and O–H groups in total. The molecule has 0 saturated carbocycles. The molecule has 1 aromatic carbocycles. The Morgan fingerprint density at radius 2 is 2.25 bits per heavy atom. The fourth-order valence-corrected chi connectivity index (χ4v) is 3.42. The Kier molecular flexibility index (Phi) is 4.27. The highest BCUT2D eigenvalue weighted by atomic mass is 79.9. The van der Waals surface area contributed by atoms with E-state index < -0.39 is 0 Å². The average molecular weight is 338 g/mol. The topological polar surface area (TPSA) is 44.4 Å². The van der Waals surface area contributed by atoms with E-state index in [-0.39, 0.29) is 12.1 Å². The first-order chi connectivity index (χ1) is 9.72. The highest BCUT2D eigenvalue weighted by molar-refractivity contribution is 9.10. The van der Waals surface area contributed by atoms with E-state index in [4.69, 9.17) is 0 Å². The van der Waals surface area contributed by atoms with E-state index in [9.17, 15) is 4.79 Å². The van der Waals surface area contributed by atoms with Crippen LogP contribution in [0.3, 0.4) is 0 Å². The largest absolute Gasteiger partial charge is 0.329 e. The molecule has 0 aromatic heterocycles. The van der Waals surface area contributed by atoms with Crippen molar-refractivity contribution in [2.75, 3.05) is 19.6 Å². The maximum absolute atomic E-state index is 12.1. The molecule has 2 unspecified atom stereocenters. The molecular formula is C15H20BrN3O. The first-order valence-electron chi connectivity index (χ1n) is 7.26. The predicted molar refractivity (Wildman–Crippen MR) is 82.6 cm³/mol. The summed E-state index contributed by atoms with van der Waals surface area (Å²) < 4.78 is 1.05. The van der Waals surface area contributed by atoms with Gasteiger partial charge >= 0.3 is 6.03 Å². The van der Waals surface area contributed by atoms with Crippen LogP contribution < -0.4 is 10.6 Å². The van der Waals surface area contributed by atoms with Gasteiger partial charge in [0.15, 0.2) is 0 Å². The zero-order valence-corrected chi connectivity index (χ0v) is 13.0. The fourth-order valence-electron chi connectivity index (χ4n) is 3.00. The molecule has 0 spiro atoms. The van der Waals surface area contributed by atoms with Crippen molar-refractivity contribution in [1.29, 1.82) is 0 Å². The molecule has 20 heavy (non-hydrogen) atoms. The van der Waals surface area contributed by atoms with Gasteiger partial charge in [0.25, 0.3) is 0 Å². The lowest BCUT2D eigenvalue weighted by molar-refractivity contribution is 0.207. The molecule has 0 radical (unpaired) electrons. The molecule has 2 heterocycles. The van der Waals surface area contributed by atoms with Crippen LogP contribution in [0.5, 0.6) is 0 Å². The summed E-state index contributed by atoms with van der Waals surface area (Å²) >= 11 is 3.48. The number of amides is 2. The predicted octanol–water partition coefficient (Wildman–Crippen LogP) is 2.66. The fraction of sp³-hybridized carbons (Fsp3) is 0.533. The second-order valence-electron chi connectivity index (χ2n) is 5.61. The lowest BCUT2D eigenvalue weighted by atomic mass is 10.0. The molecule has 2 aliphatic rings. The number of carbonyl (C=O) groups is 1. The maximum atomic E-state index is 12.1. The van der Waals surface area contributed by atoms with Crippen LogP contribution in [-0.2, 0) is 0 Å². The number of urea groups is 1. The van der Waals surface area contributed by atoms with Gasteiger partial charge in [-0.05, 0) is 37.1 Å². The molecule has 0 aliphatic carbocycles. The average Bonchev–Trinajstić information content (AvgIpc) is 2.81. The summed E-state index contributed by atoms with van der Waals surface area (Å²) in [6.07, 6.45) is 3.69. The van der Waals surface area contributed by atoms with E-state index in [2.05, 4.69) is 38.7 Å². The van der Waals surface area contributed by atoms with E-state index in [0.29, 0.717) is 6.04 Å². The number of benzene rings is 1. The van der Waals surface area contributed by atoms with Gasteiger partial charge in [0.2, 0.25) is 0 Å². The van der Waals surface area contributed by atoms with Gasteiger partial charge in [-0.3, -0.25) is 0 Å². The summed E-state index contributed by atoms with van der Waals surface area (Å²) in [5, 5.41) is 6.58. The van der Waals surface area contributed by atoms with Crippen LogP contribution in [0.25, 0.3) is 0 Å². The smallest absolute Gasteiger partial charge is 0.318 e. The Balaban J connectivity index is 1.62. The SMILES string of the molecule is O=C1NC(c2cccc(Br)c2)CN1CC1CCCCN1. The molecule has 1 aromatic rings. The van der Waals surface area contributed by atoms with Crippen molar-refractivity contribution in [3.63, 3.8) is 0 Å². The van der Waals surface area contributed by atoms with Crippen molar-refractivity contribution in [2.24, 2.45) is 0 Å². The molecule has 2 aliphatic heterocycles. The Morgan fingerprint density at radius 3 is 3.00 bits per heavy atom. The van der Waals surface area contributed by atoms with Crippen molar-refractivity contribution < 1.29 is 4.79 Å². The Labute approximate surface area is 128 Å². The van der Waals surface area contributed by atoms with Gasteiger partial charge in [-0.15, -0.1) is 0 Å². The third-order valence-corrected chi connectivity index (χ3v) is 4.59. The van der Waals surface area contributed by atoms with Crippen molar-refractivity contribution in [2.45, 2.75) is 31.3 Å². The Hall–Kier alpha value is -1.07. The van der Waals surface area contributed by atoms with Gasteiger partial charge in [0.05, 0.1) is 6.04 Å². The summed E-state index contributed by atoms with van der Waals surface area (Å²) in [7, 11) is 0. The van der Waals surface area contributed by atoms with Crippen LogP contribution in [0.4, 0.5) is 4.79 Å². The van der Waals surface area contributed by atoms with Crippen LogP contribution in [-0.4, -0.2) is 36.6 Å². The van der Waals surface area contributed by atoms with Gasteiger partial charge in [-0.2, -0.15) is 0 Å². The minimum Gasteiger partial charge on any atom is -0.329 e. The maximum Gasteiger partial charge on any atom is 0.318 e. The quantitative estimate of drug-likeness (QED) is 0.890. The second kappa shape index (κ2) is 6.14. The van der Waals surface area contributed by atoms with Crippen molar-refractivity contribution in [3.05, 3.63) is 34.3 Å². The van der Waals surface area contributed by atoms with Crippen LogP contribution in [0.15, 0.2) is 28.7 Å². The second-order valence-corrected chi connectivity index (χ2v) is 6.52. The van der Waals surface area contributed by atoms with E-state index in [1.807, 2.05) is 17.0 Å². The molecule has 2 fully saturated rings. The lowest BCUT2D eigenvalue weighted by Gasteiger charge is -2.27. The van der Waals surface area contributed by atoms with Gasteiger partial charge in [0.1, 0.15) is 0 Å². The highest BCUT2D eigenvalue weighted by Gasteiger charge is 2.31. The number of piperidine rings is 1. The van der Waals surface area contributed by atoms with Crippen molar-refractivity contribution in [1.82, 2.24) is 15.5 Å². The number of hydrogen-bond donors (Lipinski definition) is 2. The number of nitrogens with zero attached hydrogens (tertiary/aromatic N) is 1. The number of nitrogens with one attached hydrogen (secondary N) is 2. The van der Waals surface area contributed by atoms with E-state index in [0.717, 1.165) is 29.7 Å². The minimum atomic E-state index is 0.0577. The first-order valence-corrected chi connectivity index (χ1v) is 8.06. The normalized spacial score (nSPS) is 26.6. The molecule has 2 atom stereocenters.